The van der Waals surface area contributed by atoms with Crippen LogP contribution in [-0.4, -0.2) is 49.7 Å². The summed E-state index contributed by atoms with van der Waals surface area (Å²) in [5, 5.41) is 0. The van der Waals surface area contributed by atoms with E-state index in [4.69, 9.17) is 0 Å². The Balaban J connectivity index is 2.05. The summed E-state index contributed by atoms with van der Waals surface area (Å²) in [5.74, 6) is 0.0298. The first-order valence-electron chi connectivity index (χ1n) is 7.18. The van der Waals surface area contributed by atoms with E-state index in [1.54, 1.807) is 29.2 Å². The number of piperidine rings is 1. The standard InChI is InChI=1S/C14H22N2O3S2/c1-4-13-5-6-14(20-13)21(18,19)16-9-7-12(8-10-16)15(3)11(2)17/h5-6,12H,4,7-10H2,1-3H3. The van der Waals surface area contributed by atoms with Crippen LogP contribution < -0.4 is 0 Å². The molecule has 0 spiro atoms. The number of rotatable bonds is 4. The topological polar surface area (TPSA) is 57.7 Å². The SMILES string of the molecule is CCc1ccc(S(=O)(=O)N2CCC(N(C)C(C)=O)CC2)s1. The van der Waals surface area contributed by atoms with Gasteiger partial charge >= 0.3 is 0 Å². The quantitative estimate of drug-likeness (QED) is 0.848. The molecule has 0 aliphatic carbocycles. The predicted octanol–water partition coefficient (Wildman–Crippen LogP) is 1.94. The fourth-order valence-electron chi connectivity index (χ4n) is 2.54. The Kier molecular flexibility index (Phi) is 5.06. The third-order valence-corrected chi connectivity index (χ3v) is 7.64. The lowest BCUT2D eigenvalue weighted by Crippen LogP contribution is -2.46. The summed E-state index contributed by atoms with van der Waals surface area (Å²) in [6.07, 6.45) is 2.24. The van der Waals surface area contributed by atoms with Crippen LogP contribution in [0.5, 0.6) is 0 Å². The van der Waals surface area contributed by atoms with Crippen LogP contribution in [0, 0.1) is 0 Å². The van der Waals surface area contributed by atoms with Crippen molar-refractivity contribution in [1.29, 1.82) is 0 Å². The van der Waals surface area contributed by atoms with Crippen molar-refractivity contribution < 1.29 is 13.2 Å². The molecular weight excluding hydrogens is 308 g/mol. The highest BCUT2D eigenvalue weighted by atomic mass is 32.2. The van der Waals surface area contributed by atoms with E-state index in [0.717, 1.165) is 11.3 Å². The monoisotopic (exact) mass is 330 g/mol. The maximum Gasteiger partial charge on any atom is 0.252 e. The molecule has 1 aromatic heterocycles. The zero-order chi connectivity index (χ0) is 15.6. The molecule has 0 radical (unpaired) electrons. The summed E-state index contributed by atoms with van der Waals surface area (Å²) in [5.41, 5.74) is 0. The van der Waals surface area contributed by atoms with Gasteiger partial charge in [0.15, 0.2) is 0 Å². The number of thiophene rings is 1. The van der Waals surface area contributed by atoms with E-state index in [1.165, 1.54) is 11.3 Å². The fourth-order valence-corrected chi connectivity index (χ4v) is 5.46. The van der Waals surface area contributed by atoms with Crippen molar-refractivity contribution >= 4 is 27.3 Å². The molecule has 1 saturated heterocycles. The number of hydrogen-bond acceptors (Lipinski definition) is 4. The van der Waals surface area contributed by atoms with Crippen LogP contribution in [0.4, 0.5) is 0 Å². The highest BCUT2D eigenvalue weighted by Gasteiger charge is 2.32. The lowest BCUT2D eigenvalue weighted by Gasteiger charge is -2.35. The lowest BCUT2D eigenvalue weighted by atomic mass is 10.1. The first-order chi connectivity index (χ1) is 9.86. The largest absolute Gasteiger partial charge is 0.343 e. The second kappa shape index (κ2) is 6.46. The van der Waals surface area contributed by atoms with Crippen LogP contribution in [-0.2, 0) is 21.2 Å². The molecule has 0 N–H and O–H groups in total. The molecule has 1 aromatic rings. The van der Waals surface area contributed by atoms with E-state index < -0.39 is 10.0 Å². The molecule has 0 bridgehead atoms. The molecule has 7 heteroatoms. The number of sulfonamides is 1. The Labute approximate surface area is 130 Å². The Bertz CT molecular complexity index is 601. The van der Waals surface area contributed by atoms with Gasteiger partial charge in [0.25, 0.3) is 10.0 Å². The van der Waals surface area contributed by atoms with Gasteiger partial charge in [-0.25, -0.2) is 8.42 Å². The van der Waals surface area contributed by atoms with Crippen LogP contribution >= 0.6 is 11.3 Å². The van der Waals surface area contributed by atoms with E-state index in [1.807, 2.05) is 13.0 Å². The molecule has 118 valence electrons. The van der Waals surface area contributed by atoms with Crippen LogP contribution in [0.25, 0.3) is 0 Å². The average molecular weight is 330 g/mol. The van der Waals surface area contributed by atoms with Gasteiger partial charge in [0.2, 0.25) is 5.91 Å². The minimum Gasteiger partial charge on any atom is -0.343 e. The molecule has 0 unspecified atom stereocenters. The molecular formula is C14H22N2O3S2. The second-order valence-electron chi connectivity index (χ2n) is 5.34. The van der Waals surface area contributed by atoms with Crippen molar-refractivity contribution in [2.45, 2.75) is 43.4 Å². The molecule has 2 rings (SSSR count). The van der Waals surface area contributed by atoms with E-state index >= 15 is 0 Å². The van der Waals surface area contributed by atoms with Crippen LogP contribution in [0.3, 0.4) is 0 Å². The molecule has 0 aromatic carbocycles. The number of amides is 1. The summed E-state index contributed by atoms with van der Waals surface area (Å²) in [7, 11) is -1.59. The van der Waals surface area contributed by atoms with Gasteiger partial charge in [0, 0.05) is 38.0 Å². The van der Waals surface area contributed by atoms with Gasteiger partial charge < -0.3 is 4.90 Å². The smallest absolute Gasteiger partial charge is 0.252 e. The molecule has 21 heavy (non-hydrogen) atoms. The van der Waals surface area contributed by atoms with Crippen molar-refractivity contribution in [3.8, 4) is 0 Å². The molecule has 0 saturated carbocycles. The third-order valence-electron chi connectivity index (χ3n) is 4.05. The molecule has 2 heterocycles. The lowest BCUT2D eigenvalue weighted by molar-refractivity contribution is -0.130. The van der Waals surface area contributed by atoms with Crippen LogP contribution in [0.2, 0.25) is 0 Å². The average Bonchev–Trinajstić information content (AvgIpc) is 2.96. The van der Waals surface area contributed by atoms with Crippen LogP contribution in [0.1, 0.15) is 31.6 Å². The Hall–Kier alpha value is -0.920. The maximum absolute atomic E-state index is 12.6. The van der Waals surface area contributed by atoms with Gasteiger partial charge in [-0.2, -0.15) is 4.31 Å². The summed E-state index contributed by atoms with van der Waals surface area (Å²) >= 11 is 1.35. The van der Waals surface area contributed by atoms with Gasteiger partial charge in [-0.1, -0.05) is 6.92 Å². The third kappa shape index (κ3) is 3.46. The predicted molar refractivity (Wildman–Crippen MR) is 83.9 cm³/mol. The molecule has 1 aliphatic rings. The maximum atomic E-state index is 12.6. The van der Waals surface area contributed by atoms with Gasteiger partial charge in [0.1, 0.15) is 4.21 Å². The van der Waals surface area contributed by atoms with E-state index in [9.17, 15) is 13.2 Å². The zero-order valence-corrected chi connectivity index (χ0v) is 14.3. The van der Waals surface area contributed by atoms with Crippen molar-refractivity contribution in [2.75, 3.05) is 20.1 Å². The Morgan fingerprint density at radius 1 is 1.38 bits per heavy atom. The summed E-state index contributed by atoms with van der Waals surface area (Å²) in [4.78, 5) is 14.2. The van der Waals surface area contributed by atoms with Crippen molar-refractivity contribution in [3.63, 3.8) is 0 Å². The van der Waals surface area contributed by atoms with Gasteiger partial charge in [-0.05, 0) is 31.4 Å². The van der Waals surface area contributed by atoms with Gasteiger partial charge in [0.05, 0.1) is 0 Å². The molecule has 1 aliphatic heterocycles. The van der Waals surface area contributed by atoms with Gasteiger partial charge in [-0.15, -0.1) is 11.3 Å². The molecule has 1 amide bonds. The Morgan fingerprint density at radius 2 is 2.00 bits per heavy atom. The minimum absolute atomic E-state index is 0.0298. The second-order valence-corrected chi connectivity index (χ2v) is 8.67. The summed E-state index contributed by atoms with van der Waals surface area (Å²) < 4.78 is 27.1. The summed E-state index contributed by atoms with van der Waals surface area (Å²) in [6, 6.07) is 3.73. The first kappa shape index (κ1) is 16.5. The Morgan fingerprint density at radius 3 is 2.48 bits per heavy atom. The normalized spacial score (nSPS) is 17.9. The van der Waals surface area contributed by atoms with Crippen molar-refractivity contribution in [3.05, 3.63) is 17.0 Å². The molecule has 0 atom stereocenters. The van der Waals surface area contributed by atoms with E-state index in [-0.39, 0.29) is 11.9 Å². The van der Waals surface area contributed by atoms with Crippen molar-refractivity contribution in [1.82, 2.24) is 9.21 Å². The van der Waals surface area contributed by atoms with Crippen LogP contribution in [0.15, 0.2) is 16.3 Å². The van der Waals surface area contributed by atoms with E-state index in [2.05, 4.69) is 0 Å². The molecule has 5 nitrogen and oxygen atoms in total. The van der Waals surface area contributed by atoms with Crippen molar-refractivity contribution in [2.24, 2.45) is 0 Å². The number of carbonyl (C=O) groups is 1. The number of carbonyl (C=O) groups excluding carboxylic acids is 1. The summed E-state index contributed by atoms with van der Waals surface area (Å²) in [6.45, 7) is 4.51. The number of hydrogen-bond donors (Lipinski definition) is 0. The minimum atomic E-state index is -3.37. The molecule has 1 fully saturated rings. The van der Waals surface area contributed by atoms with Gasteiger partial charge in [-0.3, -0.25) is 4.79 Å². The number of nitrogens with zero attached hydrogens (tertiary/aromatic N) is 2. The highest BCUT2D eigenvalue weighted by Crippen LogP contribution is 2.28. The highest BCUT2D eigenvalue weighted by molar-refractivity contribution is 7.91. The van der Waals surface area contributed by atoms with E-state index in [0.29, 0.717) is 30.1 Å². The number of aryl methyl sites for hydroxylation is 1. The first-order valence-corrected chi connectivity index (χ1v) is 9.44. The zero-order valence-electron chi connectivity index (χ0n) is 12.7. The fraction of sp³-hybridized carbons (Fsp3) is 0.643.